The molecule has 1 aliphatic carbocycles. The first-order chi connectivity index (χ1) is 17.6. The van der Waals surface area contributed by atoms with E-state index in [4.69, 9.17) is 13.9 Å². The number of hydrogen-bond donors (Lipinski definition) is 4. The summed E-state index contributed by atoms with van der Waals surface area (Å²) in [6.07, 6.45) is -0.00453. The standard InChI is InChI=1S/C27H37N3O8/c1-26(2,3)37-24(34)29-17-11-16(12-18(13-17)30-25(35)38-27(4,5)6)28-22(32)9-15-10-23(33)36-21-14-19(31)7-8-20(15)21/h7-8,10,14,16-18,31H,9,11-13H2,1-6H3,(H,28,32)(H,29,34)(H,30,35)/t16?,17-,18+. The van der Waals surface area contributed by atoms with Crippen LogP contribution >= 0.6 is 0 Å². The van der Waals surface area contributed by atoms with Crippen LogP contribution in [0.2, 0.25) is 0 Å². The summed E-state index contributed by atoms with van der Waals surface area (Å²) < 4.78 is 15.9. The van der Waals surface area contributed by atoms with Gasteiger partial charge in [-0.1, -0.05) is 0 Å². The summed E-state index contributed by atoms with van der Waals surface area (Å²) in [5.74, 6) is -0.402. The smallest absolute Gasteiger partial charge is 0.407 e. The molecule has 11 nitrogen and oxygen atoms in total. The Bertz CT molecular complexity index is 1200. The average Bonchev–Trinajstić information content (AvgIpc) is 2.69. The largest absolute Gasteiger partial charge is 0.508 e. The minimum atomic E-state index is -0.678. The van der Waals surface area contributed by atoms with Crippen molar-refractivity contribution < 1.29 is 33.4 Å². The van der Waals surface area contributed by atoms with Crippen molar-refractivity contribution >= 4 is 29.1 Å². The molecule has 0 saturated heterocycles. The fourth-order valence-electron chi connectivity index (χ4n) is 4.44. The normalized spacial score (nSPS) is 19.9. The van der Waals surface area contributed by atoms with Crippen molar-refractivity contribution in [1.82, 2.24) is 16.0 Å². The molecule has 1 unspecified atom stereocenters. The van der Waals surface area contributed by atoms with Gasteiger partial charge in [-0.25, -0.2) is 14.4 Å². The Morgan fingerprint density at radius 2 is 1.37 bits per heavy atom. The molecular weight excluding hydrogens is 494 g/mol. The quantitative estimate of drug-likeness (QED) is 0.427. The molecule has 1 saturated carbocycles. The summed E-state index contributed by atoms with van der Waals surface area (Å²) in [7, 11) is 0. The third-order valence-electron chi connectivity index (χ3n) is 5.68. The molecule has 3 rings (SSSR count). The monoisotopic (exact) mass is 531 g/mol. The molecule has 1 heterocycles. The molecule has 4 N–H and O–H groups in total. The Labute approximate surface area is 221 Å². The average molecular weight is 532 g/mol. The highest BCUT2D eigenvalue weighted by atomic mass is 16.6. The first-order valence-electron chi connectivity index (χ1n) is 12.6. The van der Waals surface area contributed by atoms with Gasteiger partial charge >= 0.3 is 17.8 Å². The van der Waals surface area contributed by atoms with Gasteiger partial charge in [0.15, 0.2) is 0 Å². The van der Waals surface area contributed by atoms with Crippen molar-refractivity contribution in [2.75, 3.05) is 0 Å². The number of rotatable bonds is 5. The SMILES string of the molecule is CC(C)(C)OC(=O)N[C@@H]1CC(NC(=O)Cc2cc(=O)oc3cc(O)ccc23)C[C@H](NC(=O)OC(C)(C)C)C1. The molecule has 38 heavy (non-hydrogen) atoms. The van der Waals surface area contributed by atoms with E-state index in [1.807, 2.05) is 0 Å². The molecule has 2 aromatic rings. The van der Waals surface area contributed by atoms with E-state index in [1.54, 1.807) is 47.6 Å². The Hall–Kier alpha value is -3.76. The Morgan fingerprint density at radius 1 is 0.868 bits per heavy atom. The number of hydrogen-bond acceptors (Lipinski definition) is 8. The van der Waals surface area contributed by atoms with Crippen LogP contribution in [0.1, 0.15) is 66.4 Å². The number of carbonyl (C=O) groups is 3. The number of fused-ring (bicyclic) bond motifs is 1. The van der Waals surface area contributed by atoms with Gasteiger partial charge in [0.2, 0.25) is 5.91 Å². The molecule has 1 aromatic carbocycles. The second-order valence-electron chi connectivity index (χ2n) is 11.6. The summed E-state index contributed by atoms with van der Waals surface area (Å²) in [6, 6.07) is 4.46. The number of alkyl carbamates (subject to hydrolysis) is 2. The zero-order valence-electron chi connectivity index (χ0n) is 22.7. The first-order valence-corrected chi connectivity index (χ1v) is 12.6. The van der Waals surface area contributed by atoms with Crippen molar-refractivity contribution in [3.8, 4) is 5.75 Å². The number of phenolic OH excluding ortho intramolecular Hbond substituents is 1. The summed E-state index contributed by atoms with van der Waals surface area (Å²) >= 11 is 0. The minimum Gasteiger partial charge on any atom is -0.508 e. The lowest BCUT2D eigenvalue weighted by Crippen LogP contribution is -2.54. The van der Waals surface area contributed by atoms with Gasteiger partial charge in [0, 0.05) is 35.6 Å². The van der Waals surface area contributed by atoms with Crippen molar-refractivity contribution in [1.29, 1.82) is 0 Å². The van der Waals surface area contributed by atoms with Crippen LogP contribution in [-0.4, -0.2) is 52.5 Å². The zero-order chi connectivity index (χ0) is 28.3. The van der Waals surface area contributed by atoms with E-state index >= 15 is 0 Å². The van der Waals surface area contributed by atoms with Crippen molar-refractivity contribution in [3.63, 3.8) is 0 Å². The van der Waals surface area contributed by atoms with Crippen LogP contribution in [0.15, 0.2) is 33.5 Å². The highest BCUT2D eigenvalue weighted by Gasteiger charge is 2.33. The van der Waals surface area contributed by atoms with Gasteiger partial charge < -0.3 is 34.9 Å². The molecule has 0 aliphatic heterocycles. The van der Waals surface area contributed by atoms with E-state index < -0.39 is 29.0 Å². The molecular formula is C27H37N3O8. The van der Waals surface area contributed by atoms with Crippen molar-refractivity contribution in [2.24, 2.45) is 0 Å². The lowest BCUT2D eigenvalue weighted by molar-refractivity contribution is -0.121. The molecule has 3 atom stereocenters. The molecule has 0 spiro atoms. The highest BCUT2D eigenvalue weighted by Crippen LogP contribution is 2.24. The van der Waals surface area contributed by atoms with Crippen LogP contribution in [0.25, 0.3) is 11.0 Å². The van der Waals surface area contributed by atoms with Crippen LogP contribution < -0.4 is 21.6 Å². The van der Waals surface area contributed by atoms with E-state index in [0.29, 0.717) is 30.2 Å². The Morgan fingerprint density at radius 3 is 1.87 bits per heavy atom. The van der Waals surface area contributed by atoms with Gasteiger partial charge in [-0.15, -0.1) is 0 Å². The number of benzene rings is 1. The predicted molar refractivity (Wildman–Crippen MR) is 140 cm³/mol. The number of amides is 3. The maximum Gasteiger partial charge on any atom is 0.407 e. The zero-order valence-corrected chi connectivity index (χ0v) is 22.7. The third kappa shape index (κ3) is 8.97. The van der Waals surface area contributed by atoms with Crippen LogP contribution in [0.3, 0.4) is 0 Å². The Kier molecular flexibility index (Phi) is 8.58. The predicted octanol–water partition coefficient (Wildman–Crippen LogP) is 3.50. The van der Waals surface area contributed by atoms with E-state index in [2.05, 4.69) is 16.0 Å². The molecule has 1 aromatic heterocycles. The van der Waals surface area contributed by atoms with Crippen LogP contribution in [-0.2, 0) is 20.7 Å². The second kappa shape index (κ2) is 11.3. The number of ether oxygens (including phenoxy) is 2. The van der Waals surface area contributed by atoms with Crippen molar-refractivity contribution in [2.45, 2.75) is 96.6 Å². The summed E-state index contributed by atoms with van der Waals surface area (Å²) in [5, 5.41) is 18.9. The highest BCUT2D eigenvalue weighted by molar-refractivity contribution is 5.87. The van der Waals surface area contributed by atoms with Crippen LogP contribution in [0.4, 0.5) is 9.59 Å². The van der Waals surface area contributed by atoms with Gasteiger partial charge in [0.05, 0.1) is 6.42 Å². The van der Waals surface area contributed by atoms with E-state index in [9.17, 15) is 24.3 Å². The van der Waals surface area contributed by atoms with E-state index in [-0.39, 0.29) is 41.8 Å². The summed E-state index contributed by atoms with van der Waals surface area (Å²) in [4.78, 5) is 49.8. The van der Waals surface area contributed by atoms with Crippen LogP contribution in [0.5, 0.6) is 5.75 Å². The van der Waals surface area contributed by atoms with Crippen molar-refractivity contribution in [3.05, 3.63) is 40.2 Å². The molecule has 0 radical (unpaired) electrons. The van der Waals surface area contributed by atoms with Gasteiger partial charge in [0.1, 0.15) is 22.5 Å². The first kappa shape index (κ1) is 28.8. The van der Waals surface area contributed by atoms with Gasteiger partial charge in [0.25, 0.3) is 0 Å². The van der Waals surface area contributed by atoms with Gasteiger partial charge in [-0.3, -0.25) is 4.79 Å². The maximum absolute atomic E-state index is 13.0. The lowest BCUT2D eigenvalue weighted by Gasteiger charge is -2.36. The topological polar surface area (TPSA) is 156 Å². The summed E-state index contributed by atoms with van der Waals surface area (Å²) in [5.41, 5.74) is -1.35. The Balaban J connectivity index is 1.72. The lowest BCUT2D eigenvalue weighted by atomic mass is 9.87. The van der Waals surface area contributed by atoms with E-state index in [1.165, 1.54) is 18.2 Å². The fraction of sp³-hybridized carbons (Fsp3) is 0.556. The third-order valence-corrected chi connectivity index (χ3v) is 5.68. The molecule has 3 amide bonds. The molecule has 0 bridgehead atoms. The van der Waals surface area contributed by atoms with Gasteiger partial charge in [-0.05, 0) is 78.5 Å². The number of aromatic hydroxyl groups is 1. The summed E-state index contributed by atoms with van der Waals surface area (Å²) in [6.45, 7) is 10.6. The van der Waals surface area contributed by atoms with E-state index in [0.717, 1.165) is 0 Å². The second-order valence-corrected chi connectivity index (χ2v) is 11.6. The maximum atomic E-state index is 13.0. The fourth-order valence-corrected chi connectivity index (χ4v) is 4.44. The number of phenols is 1. The number of carbonyl (C=O) groups excluding carboxylic acids is 3. The molecule has 11 heteroatoms. The molecule has 1 aliphatic rings. The van der Waals surface area contributed by atoms with Crippen LogP contribution in [0, 0.1) is 0 Å². The molecule has 1 fully saturated rings. The molecule has 208 valence electrons. The minimum absolute atomic E-state index is 0.0588. The van der Waals surface area contributed by atoms with Gasteiger partial charge in [-0.2, -0.15) is 0 Å². The number of nitrogens with one attached hydrogen (secondary N) is 3.